The molecule has 1 aromatic heterocycles. The van der Waals surface area contributed by atoms with Gasteiger partial charge in [0.2, 0.25) is 0 Å². The number of furan rings is 1. The summed E-state index contributed by atoms with van der Waals surface area (Å²) in [7, 11) is 0. The summed E-state index contributed by atoms with van der Waals surface area (Å²) in [6.45, 7) is 0.211. The predicted octanol–water partition coefficient (Wildman–Crippen LogP) is 1.66. The average Bonchev–Trinajstić information content (AvgIpc) is 2.93. The molecule has 0 aliphatic carbocycles. The van der Waals surface area contributed by atoms with Crippen molar-refractivity contribution in [3.05, 3.63) is 53.5 Å². The fourth-order valence-corrected chi connectivity index (χ4v) is 2.02. The molecular weight excluding hydrogens is 232 g/mol. The number of imide groups is 1. The monoisotopic (exact) mass is 242 g/mol. The molecule has 2 aromatic rings. The molecule has 18 heavy (non-hydrogen) atoms. The van der Waals surface area contributed by atoms with E-state index < -0.39 is 0 Å². The summed E-state index contributed by atoms with van der Waals surface area (Å²) >= 11 is 0. The lowest BCUT2D eigenvalue weighted by molar-refractivity contribution is 0.0642. The van der Waals surface area contributed by atoms with Crippen LogP contribution in [0.15, 0.2) is 41.2 Å². The second kappa shape index (κ2) is 3.73. The molecule has 2 N–H and O–H groups in total. The molecule has 1 aromatic carbocycles. The van der Waals surface area contributed by atoms with E-state index in [2.05, 4.69) is 0 Å². The molecule has 3 rings (SSSR count). The average molecular weight is 242 g/mol. The number of anilines is 1. The summed E-state index contributed by atoms with van der Waals surface area (Å²) in [5, 5.41) is 0. The van der Waals surface area contributed by atoms with Crippen molar-refractivity contribution in [2.45, 2.75) is 6.54 Å². The molecule has 0 radical (unpaired) electrons. The molecule has 0 spiro atoms. The molecule has 0 saturated heterocycles. The molecule has 0 fully saturated rings. The van der Waals surface area contributed by atoms with Gasteiger partial charge in [0, 0.05) is 11.3 Å². The zero-order valence-corrected chi connectivity index (χ0v) is 9.42. The van der Waals surface area contributed by atoms with Crippen LogP contribution in [0.25, 0.3) is 0 Å². The van der Waals surface area contributed by atoms with Gasteiger partial charge in [0.1, 0.15) is 0 Å². The molecule has 0 atom stereocenters. The fraction of sp³-hybridized carbons (Fsp3) is 0.0769. The van der Waals surface area contributed by atoms with Gasteiger partial charge in [-0.05, 0) is 24.3 Å². The minimum absolute atomic E-state index is 0.211. The number of hydrogen-bond donors (Lipinski definition) is 1. The molecule has 0 saturated carbocycles. The minimum Gasteiger partial charge on any atom is -0.472 e. The van der Waals surface area contributed by atoms with Gasteiger partial charge >= 0.3 is 0 Å². The predicted molar refractivity (Wildman–Crippen MR) is 63.8 cm³/mol. The van der Waals surface area contributed by atoms with E-state index >= 15 is 0 Å². The smallest absolute Gasteiger partial charge is 0.261 e. The van der Waals surface area contributed by atoms with Crippen molar-refractivity contribution >= 4 is 17.5 Å². The van der Waals surface area contributed by atoms with E-state index in [9.17, 15) is 9.59 Å². The number of nitrogen functional groups attached to an aromatic ring is 1. The largest absolute Gasteiger partial charge is 0.472 e. The Morgan fingerprint density at radius 2 is 1.89 bits per heavy atom. The van der Waals surface area contributed by atoms with E-state index in [0.717, 1.165) is 5.56 Å². The Labute approximate surface area is 103 Å². The van der Waals surface area contributed by atoms with Crippen molar-refractivity contribution in [1.29, 1.82) is 0 Å². The first-order valence-electron chi connectivity index (χ1n) is 5.43. The van der Waals surface area contributed by atoms with Gasteiger partial charge in [-0.1, -0.05) is 0 Å². The van der Waals surface area contributed by atoms with E-state index in [1.165, 1.54) is 23.5 Å². The Kier molecular flexibility index (Phi) is 2.19. The van der Waals surface area contributed by atoms with Gasteiger partial charge in [-0.3, -0.25) is 14.5 Å². The topological polar surface area (TPSA) is 76.5 Å². The van der Waals surface area contributed by atoms with Crippen LogP contribution >= 0.6 is 0 Å². The molecule has 1 aliphatic rings. The number of carbonyl (C=O) groups is 2. The van der Waals surface area contributed by atoms with Gasteiger partial charge in [-0.15, -0.1) is 0 Å². The molecule has 90 valence electrons. The normalized spacial score (nSPS) is 14.1. The van der Waals surface area contributed by atoms with Crippen LogP contribution in [0.5, 0.6) is 0 Å². The Hall–Kier alpha value is -2.56. The van der Waals surface area contributed by atoms with E-state index in [-0.39, 0.29) is 18.4 Å². The second-order valence-corrected chi connectivity index (χ2v) is 4.13. The van der Waals surface area contributed by atoms with E-state index in [1.54, 1.807) is 18.2 Å². The molecule has 5 heteroatoms. The molecule has 1 aliphatic heterocycles. The maximum atomic E-state index is 12.1. The number of carbonyl (C=O) groups excluding carboxylic acids is 2. The van der Waals surface area contributed by atoms with Crippen LogP contribution in [-0.2, 0) is 6.54 Å². The number of nitrogens with zero attached hydrogens (tertiary/aromatic N) is 1. The van der Waals surface area contributed by atoms with Crippen LogP contribution in [0.3, 0.4) is 0 Å². The van der Waals surface area contributed by atoms with Gasteiger partial charge in [0.25, 0.3) is 11.8 Å². The number of hydrogen-bond acceptors (Lipinski definition) is 4. The lowest BCUT2D eigenvalue weighted by Gasteiger charge is -2.11. The van der Waals surface area contributed by atoms with Gasteiger partial charge in [-0.25, -0.2) is 0 Å². The Bertz CT molecular complexity index is 632. The lowest BCUT2D eigenvalue weighted by Crippen LogP contribution is -2.28. The first-order valence-corrected chi connectivity index (χ1v) is 5.43. The van der Waals surface area contributed by atoms with Gasteiger partial charge in [0.05, 0.1) is 30.2 Å². The summed E-state index contributed by atoms with van der Waals surface area (Å²) < 4.78 is 4.92. The summed E-state index contributed by atoms with van der Waals surface area (Å²) in [5.74, 6) is -0.611. The van der Waals surface area contributed by atoms with Crippen molar-refractivity contribution in [1.82, 2.24) is 4.90 Å². The van der Waals surface area contributed by atoms with Crippen molar-refractivity contribution in [2.75, 3.05) is 5.73 Å². The summed E-state index contributed by atoms with van der Waals surface area (Å²) in [6, 6.07) is 6.45. The maximum absolute atomic E-state index is 12.1. The highest BCUT2D eigenvalue weighted by atomic mass is 16.3. The lowest BCUT2D eigenvalue weighted by atomic mass is 10.1. The molecular formula is C13H10N2O3. The van der Waals surface area contributed by atoms with E-state index in [4.69, 9.17) is 10.2 Å². The van der Waals surface area contributed by atoms with Crippen molar-refractivity contribution in [3.8, 4) is 0 Å². The first-order chi connectivity index (χ1) is 8.66. The van der Waals surface area contributed by atoms with Crippen LogP contribution in [0.4, 0.5) is 5.69 Å². The number of fused-ring (bicyclic) bond motifs is 1. The minimum atomic E-state index is -0.316. The van der Waals surface area contributed by atoms with Crippen LogP contribution in [0, 0.1) is 0 Å². The number of rotatable bonds is 2. The Morgan fingerprint density at radius 1 is 1.11 bits per heavy atom. The quantitative estimate of drug-likeness (QED) is 0.641. The fourth-order valence-electron chi connectivity index (χ4n) is 2.02. The third kappa shape index (κ3) is 1.48. The van der Waals surface area contributed by atoms with Crippen LogP contribution in [0.2, 0.25) is 0 Å². The maximum Gasteiger partial charge on any atom is 0.261 e. The molecule has 2 amide bonds. The van der Waals surface area contributed by atoms with Gasteiger partial charge in [0.15, 0.2) is 0 Å². The third-order valence-corrected chi connectivity index (χ3v) is 2.92. The van der Waals surface area contributed by atoms with Gasteiger partial charge < -0.3 is 10.2 Å². The van der Waals surface area contributed by atoms with Crippen LogP contribution in [0.1, 0.15) is 26.3 Å². The SMILES string of the molecule is Nc1ccc2c(c1)C(=O)N(Cc1ccoc1)C2=O. The highest BCUT2D eigenvalue weighted by Gasteiger charge is 2.35. The zero-order chi connectivity index (χ0) is 12.7. The molecule has 0 unspecified atom stereocenters. The van der Waals surface area contributed by atoms with Crippen LogP contribution < -0.4 is 5.73 Å². The highest BCUT2D eigenvalue weighted by Crippen LogP contribution is 2.26. The third-order valence-electron chi connectivity index (χ3n) is 2.92. The number of amides is 2. The number of benzene rings is 1. The Morgan fingerprint density at radius 3 is 2.61 bits per heavy atom. The molecule has 5 nitrogen and oxygen atoms in total. The van der Waals surface area contributed by atoms with Gasteiger partial charge in [-0.2, -0.15) is 0 Å². The zero-order valence-electron chi connectivity index (χ0n) is 9.42. The summed E-state index contributed by atoms with van der Waals surface area (Å²) in [6.07, 6.45) is 3.02. The van der Waals surface area contributed by atoms with E-state index in [1.807, 2.05) is 0 Å². The Balaban J connectivity index is 1.97. The van der Waals surface area contributed by atoms with Crippen molar-refractivity contribution in [2.24, 2.45) is 0 Å². The second-order valence-electron chi connectivity index (χ2n) is 4.13. The summed E-state index contributed by atoms with van der Waals surface area (Å²) in [5.41, 5.74) is 7.64. The standard InChI is InChI=1S/C13H10N2O3/c14-9-1-2-10-11(5-9)13(17)15(12(10)16)6-8-3-4-18-7-8/h1-5,7H,6,14H2. The van der Waals surface area contributed by atoms with Crippen molar-refractivity contribution < 1.29 is 14.0 Å². The highest BCUT2D eigenvalue weighted by molar-refractivity contribution is 6.21. The molecule has 0 bridgehead atoms. The number of nitrogens with two attached hydrogens (primary N) is 1. The van der Waals surface area contributed by atoms with E-state index in [0.29, 0.717) is 16.8 Å². The summed E-state index contributed by atoms with van der Waals surface area (Å²) in [4.78, 5) is 25.4. The first kappa shape index (κ1) is 10.6. The molecule has 2 heterocycles. The van der Waals surface area contributed by atoms with Crippen molar-refractivity contribution in [3.63, 3.8) is 0 Å². The van der Waals surface area contributed by atoms with Crippen LogP contribution in [-0.4, -0.2) is 16.7 Å².